The first-order valence-corrected chi connectivity index (χ1v) is 5.38. The Morgan fingerprint density at radius 1 is 0.938 bits per heavy atom. The van der Waals surface area contributed by atoms with Gasteiger partial charge < -0.3 is 4.74 Å². The molecule has 0 atom stereocenters. The van der Waals surface area contributed by atoms with E-state index in [1.807, 2.05) is 24.3 Å². The van der Waals surface area contributed by atoms with E-state index < -0.39 is 0 Å². The van der Waals surface area contributed by atoms with Crippen LogP contribution in [0.4, 0.5) is 0 Å². The van der Waals surface area contributed by atoms with Crippen LogP contribution in [0.25, 0.3) is 0 Å². The average Bonchev–Trinajstić information content (AvgIpc) is 2.25. The fourth-order valence-electron chi connectivity index (χ4n) is 1.89. The van der Waals surface area contributed by atoms with E-state index in [1.165, 1.54) is 16.7 Å². The molecular weight excluding hydrogens is 196 g/mol. The molecule has 0 amide bonds. The number of hydrogen-bond acceptors (Lipinski definition) is 1. The molecule has 0 unspecified atom stereocenters. The fraction of sp³-hybridized carbons (Fsp3) is 0.200. The molecule has 0 aromatic heterocycles. The standard InChI is InChI=1S/C15H15O/c1-11-9-12(2)15(13(3)10-11)16-14-7-5-4-6-8-14/h5-10H,1-3H3. The van der Waals surface area contributed by atoms with Gasteiger partial charge in [-0.1, -0.05) is 29.8 Å². The van der Waals surface area contributed by atoms with Gasteiger partial charge in [0.15, 0.2) is 0 Å². The van der Waals surface area contributed by atoms with Crippen molar-refractivity contribution < 1.29 is 4.74 Å². The summed E-state index contributed by atoms with van der Waals surface area (Å²) < 4.78 is 5.87. The van der Waals surface area contributed by atoms with Crippen LogP contribution in [-0.4, -0.2) is 0 Å². The molecule has 0 heterocycles. The molecule has 0 aliphatic rings. The molecule has 1 radical (unpaired) electrons. The fourth-order valence-corrected chi connectivity index (χ4v) is 1.89. The van der Waals surface area contributed by atoms with Crippen LogP contribution in [0.1, 0.15) is 16.7 Å². The van der Waals surface area contributed by atoms with E-state index in [-0.39, 0.29) is 0 Å². The Morgan fingerprint density at radius 3 is 2.06 bits per heavy atom. The molecule has 1 nitrogen and oxygen atoms in total. The van der Waals surface area contributed by atoms with Gasteiger partial charge in [0, 0.05) is 0 Å². The normalized spacial score (nSPS) is 10.2. The monoisotopic (exact) mass is 211 g/mol. The van der Waals surface area contributed by atoms with Gasteiger partial charge in [-0.15, -0.1) is 0 Å². The highest BCUT2D eigenvalue weighted by Gasteiger charge is 2.05. The Morgan fingerprint density at radius 2 is 1.50 bits per heavy atom. The van der Waals surface area contributed by atoms with E-state index in [4.69, 9.17) is 4.74 Å². The summed E-state index contributed by atoms with van der Waals surface area (Å²) in [4.78, 5) is 0. The second kappa shape index (κ2) is 4.40. The van der Waals surface area contributed by atoms with Crippen molar-refractivity contribution in [2.24, 2.45) is 0 Å². The van der Waals surface area contributed by atoms with Gasteiger partial charge in [-0.3, -0.25) is 0 Å². The SMILES string of the molecule is Cc1cc(C)c(Oc2cc[c]cc2)c(C)c1. The summed E-state index contributed by atoms with van der Waals surface area (Å²) in [6.45, 7) is 6.25. The van der Waals surface area contributed by atoms with Crippen molar-refractivity contribution in [2.45, 2.75) is 20.8 Å². The quantitative estimate of drug-likeness (QED) is 0.723. The molecule has 0 spiro atoms. The lowest BCUT2D eigenvalue weighted by Crippen LogP contribution is -1.92. The number of benzene rings is 2. The average molecular weight is 211 g/mol. The second-order valence-corrected chi connectivity index (χ2v) is 4.07. The van der Waals surface area contributed by atoms with Gasteiger partial charge >= 0.3 is 0 Å². The molecule has 16 heavy (non-hydrogen) atoms. The Labute approximate surface area is 96.7 Å². The van der Waals surface area contributed by atoms with Gasteiger partial charge in [0.05, 0.1) is 0 Å². The molecular formula is C15H15O. The lowest BCUT2D eigenvalue weighted by Gasteiger charge is -2.12. The van der Waals surface area contributed by atoms with E-state index in [2.05, 4.69) is 39.0 Å². The van der Waals surface area contributed by atoms with Crippen LogP contribution in [0.2, 0.25) is 0 Å². The van der Waals surface area contributed by atoms with E-state index in [9.17, 15) is 0 Å². The zero-order chi connectivity index (χ0) is 11.5. The van der Waals surface area contributed by atoms with Crippen LogP contribution < -0.4 is 4.74 Å². The van der Waals surface area contributed by atoms with Crippen LogP contribution in [0.5, 0.6) is 11.5 Å². The molecule has 0 N–H and O–H groups in total. The number of ether oxygens (including phenoxy) is 1. The van der Waals surface area contributed by atoms with E-state index in [1.54, 1.807) is 0 Å². The van der Waals surface area contributed by atoms with E-state index in [0.717, 1.165) is 11.5 Å². The summed E-state index contributed by atoms with van der Waals surface area (Å²) in [5.74, 6) is 1.81. The Kier molecular flexibility index (Phi) is 2.95. The van der Waals surface area contributed by atoms with Crippen molar-refractivity contribution in [2.75, 3.05) is 0 Å². The van der Waals surface area contributed by atoms with Crippen molar-refractivity contribution in [3.8, 4) is 11.5 Å². The summed E-state index contributed by atoms with van der Waals surface area (Å²) in [7, 11) is 0. The van der Waals surface area contributed by atoms with Crippen molar-refractivity contribution in [1.29, 1.82) is 0 Å². The predicted octanol–water partition coefficient (Wildman–Crippen LogP) is 4.20. The lowest BCUT2D eigenvalue weighted by atomic mass is 10.1. The molecule has 0 aliphatic heterocycles. The number of rotatable bonds is 2. The van der Waals surface area contributed by atoms with Crippen molar-refractivity contribution >= 4 is 0 Å². The minimum absolute atomic E-state index is 0.855. The highest BCUT2D eigenvalue weighted by molar-refractivity contribution is 5.45. The van der Waals surface area contributed by atoms with Gasteiger partial charge in [0.1, 0.15) is 11.5 Å². The molecule has 0 fully saturated rings. The molecule has 0 saturated heterocycles. The van der Waals surface area contributed by atoms with Crippen molar-refractivity contribution in [3.05, 3.63) is 59.2 Å². The molecule has 0 saturated carbocycles. The third-order valence-electron chi connectivity index (χ3n) is 2.51. The number of aryl methyl sites for hydroxylation is 3. The molecule has 2 rings (SSSR count). The van der Waals surface area contributed by atoms with Crippen molar-refractivity contribution in [1.82, 2.24) is 0 Å². The minimum atomic E-state index is 0.855. The molecule has 2 aromatic carbocycles. The zero-order valence-corrected chi connectivity index (χ0v) is 9.87. The van der Waals surface area contributed by atoms with Gasteiger partial charge in [-0.25, -0.2) is 0 Å². The summed E-state index contributed by atoms with van der Waals surface area (Å²) in [5.41, 5.74) is 3.61. The maximum atomic E-state index is 5.87. The van der Waals surface area contributed by atoms with Gasteiger partial charge in [0.25, 0.3) is 0 Å². The summed E-state index contributed by atoms with van der Waals surface area (Å²) in [5, 5.41) is 0. The summed E-state index contributed by atoms with van der Waals surface area (Å²) in [6.07, 6.45) is 0. The molecule has 0 bridgehead atoms. The van der Waals surface area contributed by atoms with Gasteiger partial charge in [0.2, 0.25) is 0 Å². The summed E-state index contributed by atoms with van der Waals surface area (Å²) >= 11 is 0. The third-order valence-corrected chi connectivity index (χ3v) is 2.51. The molecule has 0 aliphatic carbocycles. The van der Waals surface area contributed by atoms with Crippen LogP contribution in [-0.2, 0) is 0 Å². The highest BCUT2D eigenvalue weighted by Crippen LogP contribution is 2.29. The molecule has 81 valence electrons. The van der Waals surface area contributed by atoms with Crippen LogP contribution >= 0.6 is 0 Å². The first-order chi connectivity index (χ1) is 7.66. The highest BCUT2D eigenvalue weighted by atomic mass is 16.5. The van der Waals surface area contributed by atoms with Gasteiger partial charge in [-0.2, -0.15) is 0 Å². The molecule has 1 heteroatoms. The maximum absolute atomic E-state index is 5.87. The Bertz CT molecular complexity index is 463. The Balaban J connectivity index is 2.35. The number of hydrogen-bond donors (Lipinski definition) is 0. The lowest BCUT2D eigenvalue weighted by molar-refractivity contribution is 0.475. The molecule has 2 aromatic rings. The predicted molar refractivity (Wildman–Crippen MR) is 66.0 cm³/mol. The second-order valence-electron chi connectivity index (χ2n) is 4.07. The summed E-state index contributed by atoms with van der Waals surface area (Å²) in [6, 6.07) is 14.8. The van der Waals surface area contributed by atoms with E-state index in [0.29, 0.717) is 0 Å². The van der Waals surface area contributed by atoms with Gasteiger partial charge in [-0.05, 0) is 50.1 Å². The van der Waals surface area contributed by atoms with Crippen LogP contribution in [0.15, 0.2) is 36.4 Å². The zero-order valence-electron chi connectivity index (χ0n) is 9.87. The Hall–Kier alpha value is -1.76. The van der Waals surface area contributed by atoms with Crippen molar-refractivity contribution in [3.63, 3.8) is 0 Å². The first kappa shape index (κ1) is 10.7. The largest absolute Gasteiger partial charge is 0.457 e. The maximum Gasteiger partial charge on any atom is 0.133 e. The first-order valence-electron chi connectivity index (χ1n) is 5.38. The van der Waals surface area contributed by atoms with E-state index >= 15 is 0 Å². The minimum Gasteiger partial charge on any atom is -0.457 e. The third kappa shape index (κ3) is 2.25. The van der Waals surface area contributed by atoms with Crippen LogP contribution in [0, 0.1) is 26.8 Å². The smallest absolute Gasteiger partial charge is 0.133 e. The van der Waals surface area contributed by atoms with Crippen LogP contribution in [0.3, 0.4) is 0 Å². The topological polar surface area (TPSA) is 9.23 Å².